The monoisotopic (exact) mass is 169 g/mol. The van der Waals surface area contributed by atoms with Crippen LogP contribution in [0.3, 0.4) is 0 Å². The summed E-state index contributed by atoms with van der Waals surface area (Å²) in [5.74, 6) is 0. The molecule has 0 spiro atoms. The zero-order valence-electron chi connectivity index (χ0n) is 8.12. The van der Waals surface area contributed by atoms with Crippen LogP contribution in [-0.2, 0) is 0 Å². The van der Waals surface area contributed by atoms with Crippen molar-refractivity contribution in [2.75, 3.05) is 0 Å². The molecule has 0 aliphatic heterocycles. The molecular weight excluding hydrogens is 150 g/mol. The fraction of sp³-hybridized carbons (Fsp3) is 0.600. The average Bonchev–Trinajstić information content (AvgIpc) is 2.03. The first-order valence-corrected chi connectivity index (χ1v) is 4.39. The molecule has 0 aromatic carbocycles. The van der Waals surface area contributed by atoms with Gasteiger partial charge in [-0.05, 0) is 25.8 Å². The fourth-order valence-corrected chi connectivity index (χ4v) is 1.02. The minimum atomic E-state index is -0.541. The van der Waals surface area contributed by atoms with Crippen molar-refractivity contribution < 1.29 is 5.11 Å². The van der Waals surface area contributed by atoms with Crippen molar-refractivity contribution in [1.29, 1.82) is 0 Å². The molecule has 0 saturated heterocycles. The van der Waals surface area contributed by atoms with E-state index in [0.29, 0.717) is 0 Å². The van der Waals surface area contributed by atoms with Gasteiger partial charge in [-0.3, -0.25) is 0 Å². The summed E-state index contributed by atoms with van der Waals surface area (Å²) in [5.41, 5.74) is 6.48. The molecule has 0 aromatic heterocycles. The summed E-state index contributed by atoms with van der Waals surface area (Å²) in [5, 5.41) is 9.60. The Labute approximate surface area is 74.8 Å². The van der Waals surface area contributed by atoms with Gasteiger partial charge in [0.1, 0.15) is 0 Å². The minimum Gasteiger partial charge on any atom is -0.387 e. The van der Waals surface area contributed by atoms with Crippen LogP contribution in [0.4, 0.5) is 0 Å². The molecule has 0 rings (SSSR count). The van der Waals surface area contributed by atoms with Crippen molar-refractivity contribution in [1.82, 2.24) is 0 Å². The van der Waals surface area contributed by atoms with Crippen molar-refractivity contribution in [3.63, 3.8) is 0 Å². The van der Waals surface area contributed by atoms with Crippen molar-refractivity contribution >= 4 is 0 Å². The summed E-state index contributed by atoms with van der Waals surface area (Å²) in [6.07, 6.45) is 6.18. The summed E-state index contributed by atoms with van der Waals surface area (Å²) in [4.78, 5) is 0. The highest BCUT2D eigenvalue weighted by Gasteiger charge is 2.11. The van der Waals surface area contributed by atoms with Gasteiger partial charge in [0.2, 0.25) is 0 Å². The summed E-state index contributed by atoms with van der Waals surface area (Å²) in [7, 11) is 0. The molecule has 0 aliphatic rings. The summed E-state index contributed by atoms with van der Waals surface area (Å²) < 4.78 is 0. The number of nitrogens with two attached hydrogens (primary N) is 1. The zero-order valence-corrected chi connectivity index (χ0v) is 8.12. The SMILES string of the molecule is CC=CC(=CCC)C(O)C(C)N. The molecule has 12 heavy (non-hydrogen) atoms. The van der Waals surface area contributed by atoms with E-state index in [1.165, 1.54) is 0 Å². The first kappa shape index (κ1) is 11.4. The van der Waals surface area contributed by atoms with Gasteiger partial charge < -0.3 is 10.8 Å². The Morgan fingerprint density at radius 2 is 2.17 bits per heavy atom. The lowest BCUT2D eigenvalue weighted by Crippen LogP contribution is -2.32. The smallest absolute Gasteiger partial charge is 0.0934 e. The molecule has 3 N–H and O–H groups in total. The van der Waals surface area contributed by atoms with Crippen LogP contribution in [0, 0.1) is 0 Å². The Morgan fingerprint density at radius 1 is 1.58 bits per heavy atom. The Balaban J connectivity index is 4.40. The Morgan fingerprint density at radius 3 is 2.50 bits per heavy atom. The summed E-state index contributed by atoms with van der Waals surface area (Å²) >= 11 is 0. The van der Waals surface area contributed by atoms with Crippen molar-refractivity contribution in [2.24, 2.45) is 5.73 Å². The predicted octanol–water partition coefficient (Wildman–Crippen LogP) is 1.61. The van der Waals surface area contributed by atoms with Gasteiger partial charge in [-0.1, -0.05) is 25.2 Å². The van der Waals surface area contributed by atoms with Gasteiger partial charge >= 0.3 is 0 Å². The van der Waals surface area contributed by atoms with Gasteiger partial charge in [0, 0.05) is 6.04 Å². The molecule has 0 radical (unpaired) electrons. The normalized spacial score (nSPS) is 18.2. The molecule has 2 unspecified atom stereocenters. The lowest BCUT2D eigenvalue weighted by Gasteiger charge is -2.15. The van der Waals surface area contributed by atoms with Crippen LogP contribution < -0.4 is 5.73 Å². The second kappa shape index (κ2) is 5.98. The first-order valence-electron chi connectivity index (χ1n) is 4.39. The van der Waals surface area contributed by atoms with Gasteiger partial charge in [-0.2, -0.15) is 0 Å². The first-order chi connectivity index (χ1) is 5.63. The number of hydrogen-bond acceptors (Lipinski definition) is 2. The maximum absolute atomic E-state index is 9.60. The standard InChI is InChI=1S/C10H19NO/c1-4-6-9(7-5-2)10(12)8(3)11/h4,6-8,10,12H,5,11H2,1-3H3. The molecule has 2 atom stereocenters. The molecule has 0 bridgehead atoms. The zero-order chi connectivity index (χ0) is 9.56. The van der Waals surface area contributed by atoms with Crippen molar-refractivity contribution in [3.05, 3.63) is 23.8 Å². The summed E-state index contributed by atoms with van der Waals surface area (Å²) in [6.45, 7) is 5.77. The lowest BCUT2D eigenvalue weighted by molar-refractivity contribution is 0.189. The van der Waals surface area contributed by atoms with Crippen LogP contribution in [0.25, 0.3) is 0 Å². The predicted molar refractivity (Wildman–Crippen MR) is 52.8 cm³/mol. The molecule has 2 nitrogen and oxygen atoms in total. The van der Waals surface area contributed by atoms with E-state index in [-0.39, 0.29) is 6.04 Å². The highest BCUT2D eigenvalue weighted by Crippen LogP contribution is 2.08. The van der Waals surface area contributed by atoms with Crippen LogP contribution in [-0.4, -0.2) is 17.3 Å². The number of aliphatic hydroxyl groups excluding tert-OH is 1. The van der Waals surface area contributed by atoms with E-state index in [9.17, 15) is 5.11 Å². The van der Waals surface area contributed by atoms with Crippen molar-refractivity contribution in [3.8, 4) is 0 Å². The van der Waals surface area contributed by atoms with E-state index in [1.54, 1.807) is 6.92 Å². The third-order valence-corrected chi connectivity index (χ3v) is 1.64. The minimum absolute atomic E-state index is 0.209. The van der Waals surface area contributed by atoms with Crippen LogP contribution in [0.1, 0.15) is 27.2 Å². The quantitative estimate of drug-likeness (QED) is 0.628. The lowest BCUT2D eigenvalue weighted by atomic mass is 10.0. The third kappa shape index (κ3) is 3.69. The van der Waals surface area contributed by atoms with E-state index in [4.69, 9.17) is 5.73 Å². The van der Waals surface area contributed by atoms with E-state index in [1.807, 2.05) is 32.1 Å². The van der Waals surface area contributed by atoms with Crippen LogP contribution >= 0.6 is 0 Å². The molecule has 0 amide bonds. The van der Waals surface area contributed by atoms with Gasteiger partial charge in [0.25, 0.3) is 0 Å². The Kier molecular flexibility index (Phi) is 5.68. The van der Waals surface area contributed by atoms with E-state index >= 15 is 0 Å². The van der Waals surface area contributed by atoms with E-state index in [0.717, 1.165) is 12.0 Å². The number of aliphatic hydroxyl groups is 1. The van der Waals surface area contributed by atoms with E-state index < -0.39 is 6.10 Å². The topological polar surface area (TPSA) is 46.2 Å². The molecule has 0 aliphatic carbocycles. The maximum Gasteiger partial charge on any atom is 0.0934 e. The number of rotatable bonds is 4. The molecule has 0 aromatic rings. The van der Waals surface area contributed by atoms with E-state index in [2.05, 4.69) is 0 Å². The number of hydrogen-bond donors (Lipinski definition) is 2. The fourth-order valence-electron chi connectivity index (χ4n) is 1.02. The highest BCUT2D eigenvalue weighted by atomic mass is 16.3. The average molecular weight is 169 g/mol. The van der Waals surface area contributed by atoms with Crippen molar-refractivity contribution in [2.45, 2.75) is 39.3 Å². The molecule has 0 heterocycles. The molecule has 0 fully saturated rings. The molecule has 70 valence electrons. The molecular formula is C10H19NO. The molecule has 2 heteroatoms. The second-order valence-corrected chi connectivity index (χ2v) is 2.92. The Bertz CT molecular complexity index is 171. The highest BCUT2D eigenvalue weighted by molar-refractivity contribution is 5.23. The number of allylic oxidation sites excluding steroid dienone is 2. The maximum atomic E-state index is 9.60. The van der Waals surface area contributed by atoms with Gasteiger partial charge in [0.15, 0.2) is 0 Å². The summed E-state index contributed by atoms with van der Waals surface area (Å²) in [6, 6.07) is -0.209. The van der Waals surface area contributed by atoms with Crippen LogP contribution in [0.2, 0.25) is 0 Å². The second-order valence-electron chi connectivity index (χ2n) is 2.92. The van der Waals surface area contributed by atoms with Crippen LogP contribution in [0.15, 0.2) is 23.8 Å². The van der Waals surface area contributed by atoms with Gasteiger partial charge in [0.05, 0.1) is 6.10 Å². The largest absolute Gasteiger partial charge is 0.387 e. The van der Waals surface area contributed by atoms with Gasteiger partial charge in [-0.15, -0.1) is 0 Å². The van der Waals surface area contributed by atoms with Crippen LogP contribution in [0.5, 0.6) is 0 Å². The van der Waals surface area contributed by atoms with Gasteiger partial charge in [-0.25, -0.2) is 0 Å². The Hall–Kier alpha value is -0.600. The third-order valence-electron chi connectivity index (χ3n) is 1.64. The molecule has 0 saturated carbocycles.